The van der Waals surface area contributed by atoms with Crippen LogP contribution in [0.5, 0.6) is 0 Å². The van der Waals surface area contributed by atoms with E-state index in [0.29, 0.717) is 23.4 Å². The second kappa shape index (κ2) is 11.9. The van der Waals surface area contributed by atoms with E-state index in [1.807, 2.05) is 0 Å². The third-order valence-corrected chi connectivity index (χ3v) is 8.14. The molecule has 0 saturated carbocycles. The van der Waals surface area contributed by atoms with Crippen LogP contribution in [0.1, 0.15) is 41.5 Å². The molecule has 36 heavy (non-hydrogen) atoms. The minimum absolute atomic E-state index is 0. The number of halogens is 4. The molecule has 0 atom stereocenters. The molecular formula is C25H31ClF3N3O3S. The molecule has 0 fully saturated rings. The van der Waals surface area contributed by atoms with Gasteiger partial charge in [0.1, 0.15) is 0 Å². The minimum Gasteiger partial charge on any atom is -0.330 e. The van der Waals surface area contributed by atoms with Crippen molar-refractivity contribution in [3.05, 3.63) is 64.7 Å². The number of carbonyl (C=O) groups is 1. The quantitative estimate of drug-likeness (QED) is 0.508. The van der Waals surface area contributed by atoms with Gasteiger partial charge in [-0.1, -0.05) is 36.8 Å². The maximum Gasteiger partial charge on any atom is 0.471 e. The lowest BCUT2D eigenvalue weighted by molar-refractivity contribution is -0.186. The van der Waals surface area contributed by atoms with Crippen LogP contribution in [0, 0.1) is 0 Å². The smallest absolute Gasteiger partial charge is 0.330 e. The molecule has 0 aliphatic carbocycles. The maximum atomic E-state index is 12.8. The fourth-order valence-corrected chi connectivity index (χ4v) is 5.85. The van der Waals surface area contributed by atoms with Gasteiger partial charge in [-0.2, -0.15) is 13.2 Å². The predicted molar refractivity (Wildman–Crippen MR) is 133 cm³/mol. The van der Waals surface area contributed by atoms with Crippen molar-refractivity contribution in [2.24, 2.45) is 0 Å². The number of rotatable bonds is 8. The van der Waals surface area contributed by atoms with Gasteiger partial charge in [-0.15, -0.1) is 12.4 Å². The van der Waals surface area contributed by atoms with E-state index in [2.05, 4.69) is 33.9 Å². The molecule has 2 aliphatic heterocycles. The van der Waals surface area contributed by atoms with Crippen molar-refractivity contribution in [3.63, 3.8) is 0 Å². The van der Waals surface area contributed by atoms with Gasteiger partial charge < -0.3 is 4.90 Å². The van der Waals surface area contributed by atoms with Crippen molar-refractivity contribution < 1.29 is 26.4 Å². The molecule has 1 N–H and O–H groups in total. The summed E-state index contributed by atoms with van der Waals surface area (Å²) in [6.45, 7) is 2.96. The van der Waals surface area contributed by atoms with Gasteiger partial charge in [-0.05, 0) is 66.6 Å². The third-order valence-electron chi connectivity index (χ3n) is 6.68. The monoisotopic (exact) mass is 545 g/mol. The van der Waals surface area contributed by atoms with Crippen LogP contribution in [0.15, 0.2) is 47.4 Å². The molecule has 0 aromatic heterocycles. The molecule has 0 bridgehead atoms. The number of hydrogen-bond donors (Lipinski definition) is 1. The maximum absolute atomic E-state index is 12.8. The van der Waals surface area contributed by atoms with E-state index in [9.17, 15) is 26.4 Å². The van der Waals surface area contributed by atoms with Gasteiger partial charge >= 0.3 is 12.1 Å². The molecule has 11 heteroatoms. The average Bonchev–Trinajstić information content (AvgIpc) is 2.84. The molecule has 6 nitrogen and oxygen atoms in total. The molecule has 198 valence electrons. The summed E-state index contributed by atoms with van der Waals surface area (Å²) >= 11 is 0. The molecule has 4 rings (SSSR count). The largest absolute Gasteiger partial charge is 0.471 e. The van der Waals surface area contributed by atoms with E-state index < -0.39 is 22.1 Å². The molecule has 2 aliphatic rings. The summed E-state index contributed by atoms with van der Waals surface area (Å²) in [6.07, 6.45) is -1.07. The number of carbonyl (C=O) groups excluding carboxylic acids is 1. The Kier molecular flexibility index (Phi) is 9.43. The summed E-state index contributed by atoms with van der Waals surface area (Å²) in [4.78, 5) is 14.7. The Bertz CT molecular complexity index is 1170. The van der Waals surface area contributed by atoms with E-state index in [1.165, 1.54) is 23.3 Å². The second-order valence-electron chi connectivity index (χ2n) is 9.16. The van der Waals surface area contributed by atoms with Crippen molar-refractivity contribution in [1.82, 2.24) is 14.5 Å². The van der Waals surface area contributed by atoms with E-state index in [-0.39, 0.29) is 36.8 Å². The van der Waals surface area contributed by atoms with Gasteiger partial charge in [0, 0.05) is 32.7 Å². The first-order valence-electron chi connectivity index (χ1n) is 11.9. The molecule has 0 unspecified atom stereocenters. The fourth-order valence-electron chi connectivity index (χ4n) is 4.73. The summed E-state index contributed by atoms with van der Waals surface area (Å²) in [6, 6.07) is 13.0. The van der Waals surface area contributed by atoms with Crippen molar-refractivity contribution >= 4 is 28.3 Å². The van der Waals surface area contributed by atoms with Gasteiger partial charge in [-0.3, -0.25) is 9.69 Å². The van der Waals surface area contributed by atoms with E-state index in [0.717, 1.165) is 44.5 Å². The Morgan fingerprint density at radius 2 is 1.58 bits per heavy atom. The molecule has 2 aromatic rings. The van der Waals surface area contributed by atoms with Crippen LogP contribution in [-0.2, 0) is 40.7 Å². The second-order valence-corrected chi connectivity index (χ2v) is 10.9. The minimum atomic E-state index is -4.94. The van der Waals surface area contributed by atoms with Crippen molar-refractivity contribution in [1.29, 1.82) is 0 Å². The Morgan fingerprint density at radius 1 is 0.889 bits per heavy atom. The van der Waals surface area contributed by atoms with Gasteiger partial charge in [0.25, 0.3) is 0 Å². The zero-order valence-electron chi connectivity index (χ0n) is 19.9. The van der Waals surface area contributed by atoms with E-state index >= 15 is 0 Å². The van der Waals surface area contributed by atoms with Crippen molar-refractivity contribution in [3.8, 4) is 0 Å². The van der Waals surface area contributed by atoms with Gasteiger partial charge in [0.15, 0.2) is 0 Å². The Balaban J connectivity index is 0.00000361. The number of sulfonamides is 1. The zero-order chi connectivity index (χ0) is 25.1. The summed E-state index contributed by atoms with van der Waals surface area (Å²) in [5.41, 5.74) is 3.98. The molecule has 2 heterocycles. The SMILES string of the molecule is Cl.O=C(N1CCc2ccc(S(=O)(=O)NCCCCCN3CCc4ccccc4C3)cc2C1)C(F)(F)F. The summed E-state index contributed by atoms with van der Waals surface area (Å²) in [5.74, 6) is -1.90. The highest BCUT2D eigenvalue weighted by atomic mass is 35.5. The first kappa shape index (κ1) is 28.4. The highest BCUT2D eigenvalue weighted by molar-refractivity contribution is 7.89. The third kappa shape index (κ3) is 7.00. The highest BCUT2D eigenvalue weighted by Gasteiger charge is 2.43. The lowest BCUT2D eigenvalue weighted by atomic mass is 10.00. The number of nitrogens with zero attached hydrogens (tertiary/aromatic N) is 2. The predicted octanol–water partition coefficient (Wildman–Crippen LogP) is 4.06. The first-order chi connectivity index (χ1) is 16.6. The van der Waals surface area contributed by atoms with Gasteiger partial charge in [-0.25, -0.2) is 13.1 Å². The van der Waals surface area contributed by atoms with Crippen LogP contribution in [0.3, 0.4) is 0 Å². The average molecular weight is 546 g/mol. The number of benzene rings is 2. The Morgan fingerprint density at radius 3 is 2.33 bits per heavy atom. The molecule has 2 aromatic carbocycles. The first-order valence-corrected chi connectivity index (χ1v) is 13.4. The number of unbranched alkanes of at least 4 members (excludes halogenated alkanes) is 2. The molecule has 0 saturated heterocycles. The van der Waals surface area contributed by atoms with Crippen molar-refractivity contribution in [2.75, 3.05) is 26.2 Å². The van der Waals surface area contributed by atoms with Crippen molar-refractivity contribution in [2.45, 2.75) is 56.3 Å². The van der Waals surface area contributed by atoms with Gasteiger partial charge in [0.2, 0.25) is 10.0 Å². The number of alkyl halides is 3. The molecule has 1 amide bonds. The highest BCUT2D eigenvalue weighted by Crippen LogP contribution is 2.26. The lowest BCUT2D eigenvalue weighted by Gasteiger charge is -2.29. The van der Waals surface area contributed by atoms with Crippen LogP contribution in [0.25, 0.3) is 0 Å². The summed E-state index contributed by atoms with van der Waals surface area (Å²) in [7, 11) is -3.79. The van der Waals surface area contributed by atoms with E-state index in [4.69, 9.17) is 0 Å². The van der Waals surface area contributed by atoms with Crippen LogP contribution in [-0.4, -0.2) is 56.5 Å². The summed E-state index contributed by atoms with van der Waals surface area (Å²) in [5, 5.41) is 0. The molecule has 0 radical (unpaired) electrons. The number of amides is 1. The Hall–Kier alpha value is -2.14. The summed E-state index contributed by atoms with van der Waals surface area (Å²) < 4.78 is 66.3. The van der Waals surface area contributed by atoms with Crippen LogP contribution < -0.4 is 4.72 Å². The number of hydrogen-bond acceptors (Lipinski definition) is 4. The molecule has 0 spiro atoms. The van der Waals surface area contributed by atoms with E-state index in [1.54, 1.807) is 6.07 Å². The van der Waals surface area contributed by atoms with Crippen LogP contribution in [0.2, 0.25) is 0 Å². The van der Waals surface area contributed by atoms with Crippen LogP contribution in [0.4, 0.5) is 13.2 Å². The normalized spacial score (nSPS) is 16.1. The number of nitrogens with one attached hydrogen (secondary N) is 1. The van der Waals surface area contributed by atoms with Gasteiger partial charge in [0.05, 0.1) is 4.90 Å². The lowest BCUT2D eigenvalue weighted by Crippen LogP contribution is -2.43. The zero-order valence-corrected chi connectivity index (χ0v) is 21.5. The Labute approximate surface area is 216 Å². The van der Waals surface area contributed by atoms with Crippen LogP contribution >= 0.6 is 12.4 Å². The number of fused-ring (bicyclic) bond motifs is 2. The molecular weight excluding hydrogens is 515 g/mol. The topological polar surface area (TPSA) is 69.7 Å². The fraction of sp³-hybridized carbons (Fsp3) is 0.480. The standard InChI is InChI=1S/C25H30F3N3O3S.ClH/c26-25(27,28)24(32)31-15-11-20-8-9-23(16-22(20)18-31)35(33,34)29-12-4-1-5-13-30-14-10-19-6-2-3-7-21(19)17-30;/h2-3,6-9,16,29H,1,4-5,10-15,17-18H2;1H.